The number of aryl methyl sites for hydroxylation is 1. The van der Waals surface area contributed by atoms with Crippen molar-refractivity contribution >= 4 is 11.9 Å². The van der Waals surface area contributed by atoms with E-state index < -0.39 is 0 Å². The van der Waals surface area contributed by atoms with Gasteiger partial charge in [0.1, 0.15) is 11.5 Å². The molecule has 0 heterocycles. The molecule has 0 aliphatic heterocycles. The van der Waals surface area contributed by atoms with Crippen LogP contribution in [0.15, 0.2) is 18.2 Å². The molecule has 0 radical (unpaired) electrons. The first-order valence-electron chi connectivity index (χ1n) is 6.70. The van der Waals surface area contributed by atoms with Gasteiger partial charge >= 0.3 is 11.9 Å². The van der Waals surface area contributed by atoms with Crippen LogP contribution in [-0.4, -0.2) is 11.9 Å². The Balaban J connectivity index is 2.17. The first-order valence-corrected chi connectivity index (χ1v) is 6.70. The maximum atomic E-state index is 11.3. The predicted molar refractivity (Wildman–Crippen MR) is 73.0 cm³/mol. The number of carbonyl (C=O) groups is 2. The quantitative estimate of drug-likeness (QED) is 0.472. The third kappa shape index (κ3) is 1.92. The minimum absolute atomic E-state index is 0.249. The van der Waals surface area contributed by atoms with Crippen molar-refractivity contribution in [3.05, 3.63) is 34.9 Å². The summed E-state index contributed by atoms with van der Waals surface area (Å²) >= 11 is 0. The smallest absolute Gasteiger partial charge is 0.308 e. The molecule has 2 atom stereocenters. The first kappa shape index (κ1) is 12.9. The molecule has 20 heavy (non-hydrogen) atoms. The fourth-order valence-corrected chi connectivity index (χ4v) is 3.20. The van der Waals surface area contributed by atoms with E-state index in [1.165, 1.54) is 13.8 Å². The summed E-state index contributed by atoms with van der Waals surface area (Å²) < 4.78 is 10.7. The Morgan fingerprint density at radius 2 is 1.65 bits per heavy atom. The summed E-state index contributed by atoms with van der Waals surface area (Å²) in [5, 5.41) is 0. The molecule has 0 saturated carbocycles. The van der Waals surface area contributed by atoms with Crippen LogP contribution in [0.1, 0.15) is 48.8 Å². The van der Waals surface area contributed by atoms with Crippen molar-refractivity contribution in [2.75, 3.05) is 0 Å². The Bertz CT molecular complexity index is 642. The van der Waals surface area contributed by atoms with Crippen LogP contribution in [0.3, 0.4) is 0 Å². The van der Waals surface area contributed by atoms with Gasteiger partial charge in [0.2, 0.25) is 0 Å². The number of fused-ring (bicyclic) bond motifs is 5. The number of benzene rings is 1. The Morgan fingerprint density at radius 1 is 1.05 bits per heavy atom. The Labute approximate surface area is 117 Å². The lowest BCUT2D eigenvalue weighted by Gasteiger charge is -2.20. The van der Waals surface area contributed by atoms with E-state index in [1.807, 2.05) is 6.92 Å². The van der Waals surface area contributed by atoms with Gasteiger partial charge < -0.3 is 9.47 Å². The van der Waals surface area contributed by atoms with E-state index in [-0.39, 0.29) is 23.8 Å². The maximum absolute atomic E-state index is 11.3. The predicted octanol–water partition coefficient (Wildman–Crippen LogP) is 2.99. The molecule has 0 aromatic heterocycles. The molecular formula is C16H16O4. The molecule has 4 heteroatoms. The zero-order valence-electron chi connectivity index (χ0n) is 11.7. The van der Waals surface area contributed by atoms with E-state index in [2.05, 4.69) is 12.2 Å². The Morgan fingerprint density at radius 3 is 2.25 bits per heavy atom. The van der Waals surface area contributed by atoms with Crippen molar-refractivity contribution in [1.29, 1.82) is 0 Å². The fourth-order valence-electron chi connectivity index (χ4n) is 3.20. The number of allylic oxidation sites excluding steroid dienone is 2. The zero-order valence-corrected chi connectivity index (χ0v) is 11.7. The van der Waals surface area contributed by atoms with Gasteiger partial charge in [-0.1, -0.05) is 12.2 Å². The van der Waals surface area contributed by atoms with Crippen LogP contribution in [0.2, 0.25) is 0 Å². The standard InChI is InChI=1S/C16H16O4/c1-8-6-13(19-9(2)17)14-11-4-5-12(7-11)15(14)16(8)20-10(3)18/h4-6,11-12H,7H2,1-3H3. The highest BCUT2D eigenvalue weighted by atomic mass is 16.5. The summed E-state index contributed by atoms with van der Waals surface area (Å²) in [6, 6.07) is 1.78. The molecule has 2 aliphatic carbocycles. The highest BCUT2D eigenvalue weighted by molar-refractivity contribution is 5.75. The molecule has 4 nitrogen and oxygen atoms in total. The fraction of sp³-hybridized carbons (Fsp3) is 0.375. The Hall–Kier alpha value is -2.10. The topological polar surface area (TPSA) is 52.6 Å². The molecular weight excluding hydrogens is 256 g/mol. The van der Waals surface area contributed by atoms with Gasteiger partial charge in [-0.05, 0) is 25.0 Å². The monoisotopic (exact) mass is 272 g/mol. The lowest BCUT2D eigenvalue weighted by atomic mass is 9.92. The van der Waals surface area contributed by atoms with E-state index in [9.17, 15) is 9.59 Å². The molecule has 0 saturated heterocycles. The number of hydrogen-bond acceptors (Lipinski definition) is 4. The number of hydrogen-bond donors (Lipinski definition) is 0. The summed E-state index contributed by atoms with van der Waals surface area (Å²) in [7, 11) is 0. The van der Waals surface area contributed by atoms with Crippen molar-refractivity contribution in [2.24, 2.45) is 0 Å². The minimum atomic E-state index is -0.335. The number of rotatable bonds is 2. The van der Waals surface area contributed by atoms with Crippen molar-refractivity contribution in [2.45, 2.75) is 39.0 Å². The van der Waals surface area contributed by atoms with Gasteiger partial charge in [0.15, 0.2) is 0 Å². The number of carbonyl (C=O) groups excluding carboxylic acids is 2. The third-order valence-electron chi connectivity index (χ3n) is 3.83. The highest BCUT2D eigenvalue weighted by Gasteiger charge is 2.39. The minimum Gasteiger partial charge on any atom is -0.426 e. The average Bonchev–Trinajstić information content (AvgIpc) is 2.93. The second-order valence-corrected chi connectivity index (χ2v) is 5.37. The van der Waals surface area contributed by atoms with Gasteiger partial charge in [-0.3, -0.25) is 9.59 Å². The van der Waals surface area contributed by atoms with Crippen LogP contribution >= 0.6 is 0 Å². The van der Waals surface area contributed by atoms with Gasteiger partial charge in [0, 0.05) is 36.8 Å². The second-order valence-electron chi connectivity index (χ2n) is 5.37. The molecule has 2 bridgehead atoms. The first-order chi connectivity index (χ1) is 9.47. The summed E-state index contributed by atoms with van der Waals surface area (Å²) in [6.07, 6.45) is 5.23. The van der Waals surface area contributed by atoms with E-state index in [0.717, 1.165) is 23.1 Å². The van der Waals surface area contributed by atoms with E-state index in [1.54, 1.807) is 6.07 Å². The molecule has 1 aromatic rings. The van der Waals surface area contributed by atoms with Gasteiger partial charge in [-0.15, -0.1) is 0 Å². The SMILES string of the molecule is CC(=O)Oc1cc(C)c(OC(C)=O)c2c1C1C=CC2C1. The van der Waals surface area contributed by atoms with Gasteiger partial charge in [0.25, 0.3) is 0 Å². The largest absolute Gasteiger partial charge is 0.426 e. The van der Waals surface area contributed by atoms with Gasteiger partial charge in [-0.2, -0.15) is 0 Å². The van der Waals surface area contributed by atoms with E-state index in [0.29, 0.717) is 11.5 Å². The molecule has 2 aliphatic rings. The molecule has 0 spiro atoms. The lowest BCUT2D eigenvalue weighted by molar-refractivity contribution is -0.133. The molecule has 2 unspecified atom stereocenters. The number of esters is 2. The van der Waals surface area contributed by atoms with Crippen LogP contribution < -0.4 is 9.47 Å². The van der Waals surface area contributed by atoms with Crippen molar-refractivity contribution in [1.82, 2.24) is 0 Å². The molecule has 3 rings (SSSR count). The zero-order chi connectivity index (χ0) is 14.4. The molecule has 0 N–H and O–H groups in total. The van der Waals surface area contributed by atoms with Gasteiger partial charge in [-0.25, -0.2) is 0 Å². The molecule has 104 valence electrons. The van der Waals surface area contributed by atoms with Crippen LogP contribution in [0.5, 0.6) is 11.5 Å². The van der Waals surface area contributed by atoms with E-state index >= 15 is 0 Å². The normalized spacial score (nSPS) is 21.8. The van der Waals surface area contributed by atoms with Crippen LogP contribution in [-0.2, 0) is 9.59 Å². The molecule has 1 aromatic carbocycles. The maximum Gasteiger partial charge on any atom is 0.308 e. The summed E-state index contributed by atoms with van der Waals surface area (Å²) in [6.45, 7) is 4.65. The third-order valence-corrected chi connectivity index (χ3v) is 3.83. The van der Waals surface area contributed by atoms with Crippen LogP contribution in [0.25, 0.3) is 0 Å². The van der Waals surface area contributed by atoms with Crippen molar-refractivity contribution in [3.8, 4) is 11.5 Å². The van der Waals surface area contributed by atoms with Crippen LogP contribution in [0, 0.1) is 6.92 Å². The Kier molecular flexibility index (Phi) is 2.89. The van der Waals surface area contributed by atoms with Gasteiger partial charge in [0.05, 0.1) is 0 Å². The number of ether oxygens (including phenoxy) is 2. The highest BCUT2D eigenvalue weighted by Crippen LogP contribution is 2.56. The summed E-state index contributed by atoms with van der Waals surface area (Å²) in [5.74, 6) is 1.05. The van der Waals surface area contributed by atoms with Crippen molar-refractivity contribution < 1.29 is 19.1 Å². The lowest BCUT2D eigenvalue weighted by Crippen LogP contribution is -2.11. The summed E-state index contributed by atoms with van der Waals surface area (Å²) in [4.78, 5) is 22.6. The van der Waals surface area contributed by atoms with Crippen LogP contribution in [0.4, 0.5) is 0 Å². The summed E-state index contributed by atoms with van der Waals surface area (Å²) in [5.41, 5.74) is 2.81. The molecule has 0 amide bonds. The average molecular weight is 272 g/mol. The second kappa shape index (κ2) is 4.47. The molecule has 0 fully saturated rings. The van der Waals surface area contributed by atoms with E-state index in [4.69, 9.17) is 9.47 Å². The van der Waals surface area contributed by atoms with Crippen molar-refractivity contribution in [3.63, 3.8) is 0 Å².